The van der Waals surface area contributed by atoms with E-state index in [9.17, 15) is 9.59 Å². The highest BCUT2D eigenvalue weighted by Gasteiger charge is 2.23. The lowest BCUT2D eigenvalue weighted by Gasteiger charge is -2.08. The van der Waals surface area contributed by atoms with Gasteiger partial charge in [0.25, 0.3) is 0 Å². The molecule has 1 rings (SSSR count). The number of hydrogen-bond donors (Lipinski definition) is 0. The van der Waals surface area contributed by atoms with Gasteiger partial charge in [-0.2, -0.15) is 0 Å². The molecular weight excluding hydrogens is 268 g/mol. The summed E-state index contributed by atoms with van der Waals surface area (Å²) in [4.78, 5) is 23.7. The molecule has 0 N–H and O–H groups in total. The zero-order chi connectivity index (χ0) is 15.7. The Balaban J connectivity index is 3.21. The standard InChI is InChI=1S/C17H20O4/c1-4-8-14(12-11-13-9-6-5-7-10-13)15(16(18)20-2)17(19)21-3/h5-7,9-12H,4,8H2,1-3H3/b12-11+. The molecule has 112 valence electrons. The van der Waals surface area contributed by atoms with Crippen molar-refractivity contribution in [3.8, 4) is 0 Å². The Morgan fingerprint density at radius 3 is 2.10 bits per heavy atom. The molecule has 0 saturated heterocycles. The summed E-state index contributed by atoms with van der Waals surface area (Å²) >= 11 is 0. The molecule has 0 amide bonds. The SMILES string of the molecule is CCCC(/C=C/c1ccccc1)=C(C(=O)OC)C(=O)OC. The predicted molar refractivity (Wildman–Crippen MR) is 81.4 cm³/mol. The third kappa shape index (κ3) is 4.91. The summed E-state index contributed by atoms with van der Waals surface area (Å²) in [6, 6.07) is 9.65. The number of esters is 2. The number of hydrogen-bond acceptors (Lipinski definition) is 4. The number of rotatable bonds is 6. The monoisotopic (exact) mass is 288 g/mol. The Morgan fingerprint density at radius 2 is 1.62 bits per heavy atom. The minimum absolute atomic E-state index is 0.0472. The van der Waals surface area contributed by atoms with E-state index >= 15 is 0 Å². The maximum absolute atomic E-state index is 11.8. The van der Waals surface area contributed by atoms with E-state index in [2.05, 4.69) is 9.47 Å². The third-order valence-electron chi connectivity index (χ3n) is 2.90. The summed E-state index contributed by atoms with van der Waals surface area (Å²) in [6.45, 7) is 1.97. The summed E-state index contributed by atoms with van der Waals surface area (Å²) in [7, 11) is 2.49. The van der Waals surface area contributed by atoms with Crippen molar-refractivity contribution >= 4 is 18.0 Å². The quantitative estimate of drug-likeness (QED) is 0.265. The zero-order valence-corrected chi connectivity index (χ0v) is 12.6. The Bertz CT molecular complexity index is 523. The van der Waals surface area contributed by atoms with Gasteiger partial charge in [0.2, 0.25) is 0 Å². The van der Waals surface area contributed by atoms with Crippen LogP contribution < -0.4 is 0 Å². The second kappa shape index (κ2) is 8.74. The molecule has 0 fully saturated rings. The average Bonchev–Trinajstić information content (AvgIpc) is 2.53. The molecule has 0 spiro atoms. The first kappa shape index (κ1) is 16.7. The van der Waals surface area contributed by atoms with Crippen LogP contribution in [0.2, 0.25) is 0 Å². The lowest BCUT2D eigenvalue weighted by Crippen LogP contribution is -2.18. The van der Waals surface area contributed by atoms with E-state index in [0.29, 0.717) is 12.0 Å². The van der Waals surface area contributed by atoms with Crippen molar-refractivity contribution in [2.75, 3.05) is 14.2 Å². The van der Waals surface area contributed by atoms with E-state index < -0.39 is 11.9 Å². The molecule has 0 aliphatic carbocycles. The number of ether oxygens (including phenoxy) is 2. The van der Waals surface area contributed by atoms with Gasteiger partial charge < -0.3 is 9.47 Å². The van der Waals surface area contributed by atoms with E-state index in [1.807, 2.05) is 43.3 Å². The van der Waals surface area contributed by atoms with Crippen LogP contribution >= 0.6 is 0 Å². The molecule has 0 aliphatic rings. The summed E-state index contributed by atoms with van der Waals surface area (Å²) in [5.74, 6) is -1.36. The van der Waals surface area contributed by atoms with Gasteiger partial charge in [0.15, 0.2) is 0 Å². The number of methoxy groups -OCH3 is 2. The molecule has 1 aromatic rings. The highest BCUT2D eigenvalue weighted by Crippen LogP contribution is 2.17. The van der Waals surface area contributed by atoms with Gasteiger partial charge in [-0.3, -0.25) is 0 Å². The molecule has 21 heavy (non-hydrogen) atoms. The van der Waals surface area contributed by atoms with Gasteiger partial charge in [-0.05, 0) is 17.6 Å². The summed E-state index contributed by atoms with van der Waals surface area (Å²) in [5, 5.41) is 0. The maximum atomic E-state index is 11.8. The zero-order valence-electron chi connectivity index (χ0n) is 12.6. The summed E-state index contributed by atoms with van der Waals surface area (Å²) in [6.07, 6.45) is 5.01. The third-order valence-corrected chi connectivity index (χ3v) is 2.90. The van der Waals surface area contributed by atoms with Crippen LogP contribution in [0, 0.1) is 0 Å². The number of allylic oxidation sites excluding steroid dienone is 2. The minimum Gasteiger partial charge on any atom is -0.465 e. The van der Waals surface area contributed by atoms with Crippen molar-refractivity contribution in [1.29, 1.82) is 0 Å². The van der Waals surface area contributed by atoms with Crippen LogP contribution in [-0.2, 0) is 19.1 Å². The topological polar surface area (TPSA) is 52.6 Å². The van der Waals surface area contributed by atoms with Crippen molar-refractivity contribution in [3.05, 3.63) is 53.1 Å². The van der Waals surface area contributed by atoms with Crippen LogP contribution in [0.4, 0.5) is 0 Å². The van der Waals surface area contributed by atoms with Crippen molar-refractivity contribution in [3.63, 3.8) is 0 Å². The molecular formula is C17H20O4. The van der Waals surface area contributed by atoms with Gasteiger partial charge in [-0.25, -0.2) is 9.59 Å². The van der Waals surface area contributed by atoms with Crippen LogP contribution in [-0.4, -0.2) is 26.2 Å². The molecule has 0 saturated carbocycles. The lowest BCUT2D eigenvalue weighted by molar-refractivity contribution is -0.144. The average molecular weight is 288 g/mol. The van der Waals surface area contributed by atoms with E-state index in [1.165, 1.54) is 14.2 Å². The fourth-order valence-electron chi connectivity index (χ4n) is 1.87. The van der Waals surface area contributed by atoms with Gasteiger partial charge in [0.1, 0.15) is 5.57 Å². The molecule has 0 heterocycles. The smallest absolute Gasteiger partial charge is 0.345 e. The van der Waals surface area contributed by atoms with Crippen molar-refractivity contribution in [2.45, 2.75) is 19.8 Å². The van der Waals surface area contributed by atoms with E-state index in [0.717, 1.165) is 12.0 Å². The molecule has 0 aromatic heterocycles. The minimum atomic E-state index is -0.678. The first-order chi connectivity index (χ1) is 10.1. The molecule has 1 aromatic carbocycles. The summed E-state index contributed by atoms with van der Waals surface area (Å²) < 4.78 is 9.37. The van der Waals surface area contributed by atoms with Crippen LogP contribution in [0.15, 0.2) is 47.6 Å². The molecule has 0 atom stereocenters. The first-order valence-electron chi connectivity index (χ1n) is 6.77. The normalized spacial score (nSPS) is 10.2. The number of carbonyl (C=O) groups excluding carboxylic acids is 2. The second-order valence-corrected chi connectivity index (χ2v) is 4.38. The lowest BCUT2D eigenvalue weighted by atomic mass is 10.0. The second-order valence-electron chi connectivity index (χ2n) is 4.38. The van der Waals surface area contributed by atoms with Gasteiger partial charge in [0, 0.05) is 0 Å². The largest absolute Gasteiger partial charge is 0.465 e. The molecule has 0 radical (unpaired) electrons. The van der Waals surface area contributed by atoms with Gasteiger partial charge in [-0.1, -0.05) is 55.8 Å². The highest BCUT2D eigenvalue weighted by atomic mass is 16.5. The predicted octanol–water partition coefficient (Wildman–Crippen LogP) is 3.14. The Hall–Kier alpha value is -2.36. The Kier molecular flexibility index (Phi) is 6.95. The van der Waals surface area contributed by atoms with Gasteiger partial charge in [0.05, 0.1) is 14.2 Å². The Morgan fingerprint density at radius 1 is 1.05 bits per heavy atom. The summed E-state index contributed by atoms with van der Waals surface area (Å²) in [5.41, 5.74) is 1.55. The van der Waals surface area contributed by atoms with Crippen LogP contribution in [0.1, 0.15) is 25.3 Å². The molecule has 4 nitrogen and oxygen atoms in total. The van der Waals surface area contributed by atoms with Crippen LogP contribution in [0.5, 0.6) is 0 Å². The molecule has 4 heteroatoms. The van der Waals surface area contributed by atoms with Crippen molar-refractivity contribution < 1.29 is 19.1 Å². The number of benzene rings is 1. The molecule has 0 bridgehead atoms. The van der Waals surface area contributed by atoms with Crippen LogP contribution in [0.25, 0.3) is 6.08 Å². The molecule has 0 aliphatic heterocycles. The maximum Gasteiger partial charge on any atom is 0.345 e. The number of carbonyl (C=O) groups is 2. The van der Waals surface area contributed by atoms with Gasteiger partial charge >= 0.3 is 11.9 Å². The first-order valence-corrected chi connectivity index (χ1v) is 6.77. The van der Waals surface area contributed by atoms with Crippen molar-refractivity contribution in [1.82, 2.24) is 0 Å². The van der Waals surface area contributed by atoms with Gasteiger partial charge in [-0.15, -0.1) is 0 Å². The molecule has 0 unspecified atom stereocenters. The van der Waals surface area contributed by atoms with E-state index in [1.54, 1.807) is 6.08 Å². The highest BCUT2D eigenvalue weighted by molar-refractivity contribution is 6.15. The Labute approximate surface area is 125 Å². The van der Waals surface area contributed by atoms with E-state index in [-0.39, 0.29) is 5.57 Å². The fourth-order valence-corrected chi connectivity index (χ4v) is 1.87. The van der Waals surface area contributed by atoms with Crippen LogP contribution in [0.3, 0.4) is 0 Å². The van der Waals surface area contributed by atoms with Crippen molar-refractivity contribution in [2.24, 2.45) is 0 Å². The fraction of sp³-hybridized carbons (Fsp3) is 0.294. The van der Waals surface area contributed by atoms with E-state index in [4.69, 9.17) is 0 Å².